The van der Waals surface area contributed by atoms with Crippen LogP contribution in [-0.4, -0.2) is 176 Å². The predicted molar refractivity (Wildman–Crippen MR) is 340 cm³/mol. The maximum Gasteiger partial charge on any atom is 0.336 e. The molecule has 6 N–H and O–H groups in total. The van der Waals surface area contributed by atoms with E-state index >= 15 is 0 Å². The van der Waals surface area contributed by atoms with Crippen molar-refractivity contribution in [2.24, 2.45) is 23.3 Å². The quantitative estimate of drug-likeness (QED) is 0.0225. The molecule has 1 saturated carbocycles. The first-order valence-electron chi connectivity index (χ1n) is 30.4. The molecule has 1 aliphatic carbocycles. The molecule has 30 heteroatoms. The summed E-state index contributed by atoms with van der Waals surface area (Å²) >= 11 is 3.98. The maximum absolute atomic E-state index is 14.1. The zero-order valence-corrected chi connectivity index (χ0v) is 53.8. The van der Waals surface area contributed by atoms with Crippen molar-refractivity contribution < 1.29 is 57.5 Å². The minimum Gasteiger partial charge on any atom is -0.491 e. The topological polar surface area (TPSA) is 345 Å². The molecule has 1 unspecified atom stereocenters. The number of fused-ring (bicyclic) bond motifs is 2. The van der Waals surface area contributed by atoms with Gasteiger partial charge in [0, 0.05) is 106 Å². The number of hydrogen-bond donors (Lipinski definition) is 4. The van der Waals surface area contributed by atoms with Gasteiger partial charge in [-0.1, -0.05) is 19.1 Å². The van der Waals surface area contributed by atoms with E-state index in [1.807, 2.05) is 48.6 Å². The number of primary amides is 2. The summed E-state index contributed by atoms with van der Waals surface area (Å²) in [6.07, 6.45) is 9.05. The van der Waals surface area contributed by atoms with E-state index in [0.29, 0.717) is 143 Å². The van der Waals surface area contributed by atoms with Gasteiger partial charge in [-0.15, -0.1) is 39.9 Å². The van der Waals surface area contributed by atoms with Crippen molar-refractivity contribution in [1.82, 2.24) is 53.6 Å². The van der Waals surface area contributed by atoms with Crippen molar-refractivity contribution in [3.63, 3.8) is 0 Å². The highest BCUT2D eigenvalue weighted by atomic mass is 32.2. The van der Waals surface area contributed by atoms with Crippen LogP contribution in [-0.2, 0) is 59.7 Å². The number of anilines is 2. The fourth-order valence-corrected chi connectivity index (χ4v) is 14.5. The van der Waals surface area contributed by atoms with Crippen LogP contribution >= 0.6 is 34.9 Å². The van der Waals surface area contributed by atoms with Crippen LogP contribution in [0.25, 0.3) is 22.1 Å². The summed E-state index contributed by atoms with van der Waals surface area (Å²) in [5.74, 6) is -3.84. The molecule has 482 valence electrons. The van der Waals surface area contributed by atoms with E-state index in [9.17, 15) is 47.9 Å². The summed E-state index contributed by atoms with van der Waals surface area (Å²) in [7, 11) is 0. The van der Waals surface area contributed by atoms with Crippen LogP contribution in [0.3, 0.4) is 0 Å². The SMILES string of the molecule is CCc1nc(C)sc1C(=O)Nc1nc2cc(C(N)=O)cc(OCCCN3CCN(C(=O)CCSC4CC(=O)N(CC5CCC(C(=O)ON6C(=O)CCC6=O)CC5)C4=O)CC3)c2n1C/C=C/Cn1c(NC(=O)c2cc(C)nn2CC)nc2cc(C(N)=O)cc(SC)c21. The molecule has 27 nitrogen and oxygen atoms in total. The van der Waals surface area contributed by atoms with Crippen molar-refractivity contribution in [1.29, 1.82) is 0 Å². The van der Waals surface area contributed by atoms with Crippen LogP contribution < -0.4 is 26.8 Å². The molecular weight excluding hydrogens is 1230 g/mol. The van der Waals surface area contributed by atoms with Gasteiger partial charge in [0.05, 0.1) is 50.7 Å². The fourth-order valence-electron chi connectivity index (χ4n) is 11.9. The summed E-state index contributed by atoms with van der Waals surface area (Å²) < 4.78 is 11.7. The Labute approximate surface area is 536 Å². The van der Waals surface area contributed by atoms with Gasteiger partial charge in [-0.2, -0.15) is 5.10 Å². The Morgan fingerprint density at radius 2 is 1.42 bits per heavy atom. The number of aromatic nitrogens is 7. The lowest BCUT2D eigenvalue weighted by molar-refractivity contribution is -0.201. The van der Waals surface area contributed by atoms with Crippen molar-refractivity contribution in [2.45, 2.75) is 122 Å². The highest BCUT2D eigenvalue weighted by molar-refractivity contribution is 8.00. The molecular formula is C61H73N15O12S3. The summed E-state index contributed by atoms with van der Waals surface area (Å²) in [4.78, 5) is 155. The zero-order valence-electron chi connectivity index (χ0n) is 51.3. The Morgan fingerprint density at radius 3 is 2.05 bits per heavy atom. The molecule has 1 atom stereocenters. The van der Waals surface area contributed by atoms with E-state index in [2.05, 4.69) is 25.6 Å². The third-order valence-electron chi connectivity index (χ3n) is 16.6. The van der Waals surface area contributed by atoms with Gasteiger partial charge in [-0.3, -0.25) is 68.3 Å². The van der Waals surface area contributed by atoms with Crippen molar-refractivity contribution in [3.05, 3.63) is 80.6 Å². The number of ether oxygens (including phenoxy) is 1. The largest absolute Gasteiger partial charge is 0.491 e. The number of carbonyl (C=O) groups is 10. The normalized spacial score (nSPS) is 18.2. The Bertz CT molecular complexity index is 3880. The number of aryl methyl sites for hydroxylation is 4. The zero-order chi connectivity index (χ0) is 64.8. The first kappa shape index (κ1) is 65.5. The molecule has 3 aliphatic heterocycles. The number of hydroxylamine groups is 2. The van der Waals surface area contributed by atoms with Crippen LogP contribution in [0.4, 0.5) is 11.9 Å². The lowest BCUT2D eigenvalue weighted by atomic mass is 9.82. The molecule has 0 radical (unpaired) electrons. The number of thiazole rings is 1. The van der Waals surface area contributed by atoms with Gasteiger partial charge in [-0.05, 0) is 102 Å². The molecule has 6 aromatic rings. The standard InChI is InChI=1S/C61H73N15O12S3/c1-6-40-53(91-35(4)64-40)57(84)68-61-65-41-28-38(54(62)81)30-44(51(41)72(61)19-8-9-20-73-52-42(29-39(55(63)82)31-45(52)89-5)66-60(73)67-56(83)43-27-34(3)69-75(43)7-2)87-25-10-18-70-21-23-71(24-22-70)47(77)17-26-90-46-32-50(80)74(58(46)85)33-36-11-13-37(14-12-36)59(86)88-76-48(78)15-16-49(76)79/h8-9,27-31,36-37,46H,6-7,10-26,32-33H2,1-5H3,(H2,62,81)(H2,63,82)(H,65,68,84)(H,66,67,83)/b9-8+. The fraction of sp³-hybridized carbons (Fsp3) is 0.475. The van der Waals surface area contributed by atoms with E-state index in [1.54, 1.807) is 46.5 Å². The molecule has 3 saturated heterocycles. The second-order valence-corrected chi connectivity index (χ2v) is 26.1. The van der Waals surface area contributed by atoms with Crippen LogP contribution in [0.15, 0.2) is 47.4 Å². The molecule has 91 heavy (non-hydrogen) atoms. The number of amides is 9. The lowest BCUT2D eigenvalue weighted by Gasteiger charge is -2.34. The Hall–Kier alpha value is -8.48. The predicted octanol–water partition coefficient (Wildman–Crippen LogP) is 5.50. The third kappa shape index (κ3) is 14.8. The number of allylic oxidation sites excluding steroid dienone is 2. The van der Waals surface area contributed by atoms with Gasteiger partial charge in [0.1, 0.15) is 21.8 Å². The molecule has 4 aromatic heterocycles. The third-order valence-corrected chi connectivity index (χ3v) is 19.6. The molecule has 0 spiro atoms. The molecule has 2 aromatic carbocycles. The number of carbonyl (C=O) groups excluding carboxylic acids is 10. The average molecular weight is 1300 g/mol. The lowest BCUT2D eigenvalue weighted by Crippen LogP contribution is -2.49. The Morgan fingerprint density at radius 1 is 0.780 bits per heavy atom. The van der Waals surface area contributed by atoms with E-state index < -0.39 is 52.6 Å². The molecule has 7 heterocycles. The van der Waals surface area contributed by atoms with E-state index in [1.165, 1.54) is 39.8 Å². The monoisotopic (exact) mass is 1300 g/mol. The van der Waals surface area contributed by atoms with Gasteiger partial charge >= 0.3 is 5.97 Å². The van der Waals surface area contributed by atoms with Gasteiger partial charge in [0.25, 0.3) is 23.6 Å². The van der Waals surface area contributed by atoms with Crippen molar-refractivity contribution in [3.8, 4) is 5.75 Å². The van der Waals surface area contributed by atoms with E-state index in [4.69, 9.17) is 31.0 Å². The molecule has 9 amide bonds. The molecule has 4 aliphatic rings. The summed E-state index contributed by atoms with van der Waals surface area (Å²) in [5.41, 5.74) is 15.6. The van der Waals surface area contributed by atoms with Crippen LogP contribution in [0.2, 0.25) is 0 Å². The second-order valence-electron chi connectivity index (χ2n) is 22.7. The number of hydrogen-bond acceptors (Lipinski definition) is 20. The van der Waals surface area contributed by atoms with Crippen LogP contribution in [0.1, 0.15) is 129 Å². The van der Waals surface area contributed by atoms with Gasteiger partial charge in [-0.25, -0.2) is 19.7 Å². The first-order chi connectivity index (χ1) is 43.7. The molecule has 0 bridgehead atoms. The minimum absolute atomic E-state index is 0.00417. The smallest absolute Gasteiger partial charge is 0.336 e. The molecule has 10 rings (SSSR count). The highest BCUT2D eigenvalue weighted by Crippen LogP contribution is 2.36. The first-order valence-corrected chi connectivity index (χ1v) is 33.5. The number of nitrogens with one attached hydrogen (secondary N) is 2. The van der Waals surface area contributed by atoms with Crippen LogP contribution in [0, 0.1) is 25.7 Å². The number of likely N-dealkylation sites (tertiary alicyclic amines) is 1. The average Bonchev–Trinajstić information content (AvgIpc) is 1.66. The second kappa shape index (κ2) is 28.8. The highest BCUT2D eigenvalue weighted by Gasteiger charge is 2.42. The number of piperazine rings is 1. The Kier molecular flexibility index (Phi) is 20.7. The van der Waals surface area contributed by atoms with E-state index in [0.717, 1.165) is 5.01 Å². The van der Waals surface area contributed by atoms with Gasteiger partial charge < -0.3 is 35.1 Å². The maximum atomic E-state index is 14.1. The minimum atomic E-state index is -0.707. The number of rotatable bonds is 26. The number of imidazole rings is 2. The number of benzene rings is 2. The number of imide groups is 2. The van der Waals surface area contributed by atoms with Gasteiger partial charge in [0.15, 0.2) is 0 Å². The van der Waals surface area contributed by atoms with E-state index in [-0.39, 0.29) is 98.6 Å². The summed E-state index contributed by atoms with van der Waals surface area (Å²) in [6.45, 7) is 11.6. The summed E-state index contributed by atoms with van der Waals surface area (Å²) in [5, 5.41) is 11.1. The number of nitrogens with two attached hydrogens (primary N) is 2. The van der Waals surface area contributed by atoms with Crippen LogP contribution in [0.5, 0.6) is 5.75 Å². The van der Waals surface area contributed by atoms with Crippen molar-refractivity contribution in [2.75, 3.05) is 68.5 Å². The molecule has 4 fully saturated rings. The Balaban J connectivity index is 0.763. The van der Waals surface area contributed by atoms with Crippen molar-refractivity contribution >= 4 is 128 Å². The number of nitrogens with zero attached hydrogens (tertiary/aromatic N) is 11. The van der Waals surface area contributed by atoms with Gasteiger partial charge in [0.2, 0.25) is 41.4 Å². The summed E-state index contributed by atoms with van der Waals surface area (Å²) in [6, 6.07) is 8.08. The number of thioether (sulfide) groups is 2.